The van der Waals surface area contributed by atoms with Crippen LogP contribution in [0, 0.1) is 24.2 Å². The van der Waals surface area contributed by atoms with Crippen LogP contribution in [0.3, 0.4) is 0 Å². The Labute approximate surface area is 251 Å². The number of nitriles is 1. The van der Waals surface area contributed by atoms with Gasteiger partial charge in [-0.1, -0.05) is 0 Å². The highest BCUT2D eigenvalue weighted by Gasteiger charge is 2.39. The van der Waals surface area contributed by atoms with E-state index in [0.717, 1.165) is 27.4 Å². The lowest BCUT2D eigenvalue weighted by atomic mass is 9.88. The smallest absolute Gasteiger partial charge is 0.419 e. The summed E-state index contributed by atoms with van der Waals surface area (Å²) in [5.41, 5.74) is 2.39. The SMILES string of the molecule is COc1cc(C)c2c(ccn2C(=O)OC(C)(C)C)c1C(C1CCN(C(=O)OC(C)(C)C)C1)n1cc2ccc(C#N)cc2n1. The van der Waals surface area contributed by atoms with E-state index >= 15 is 0 Å². The first kappa shape index (κ1) is 30.0. The van der Waals surface area contributed by atoms with Crippen LogP contribution >= 0.6 is 0 Å². The van der Waals surface area contributed by atoms with Gasteiger partial charge in [0.15, 0.2) is 0 Å². The summed E-state index contributed by atoms with van der Waals surface area (Å²) in [6, 6.07) is 11.1. The number of likely N-dealkylation sites (tertiary alicyclic amines) is 1. The van der Waals surface area contributed by atoms with E-state index in [1.165, 1.54) is 4.57 Å². The molecule has 10 heteroatoms. The van der Waals surface area contributed by atoms with Gasteiger partial charge in [0.1, 0.15) is 17.0 Å². The van der Waals surface area contributed by atoms with Gasteiger partial charge in [-0.05, 0) is 90.8 Å². The van der Waals surface area contributed by atoms with Gasteiger partial charge in [0.2, 0.25) is 0 Å². The Morgan fingerprint density at radius 3 is 2.40 bits per heavy atom. The van der Waals surface area contributed by atoms with E-state index in [2.05, 4.69) is 6.07 Å². The first-order valence-electron chi connectivity index (χ1n) is 14.5. The van der Waals surface area contributed by atoms with Gasteiger partial charge >= 0.3 is 12.2 Å². The topological polar surface area (TPSA) is 112 Å². The number of aromatic nitrogens is 3. The van der Waals surface area contributed by atoms with Crippen LogP contribution in [-0.2, 0) is 9.47 Å². The van der Waals surface area contributed by atoms with Gasteiger partial charge in [0, 0.05) is 47.7 Å². The Hall–Kier alpha value is -4.52. The normalized spacial score (nSPS) is 16.3. The highest BCUT2D eigenvalue weighted by atomic mass is 16.6. The number of carbonyl (C=O) groups is 2. The molecule has 4 aromatic rings. The van der Waals surface area contributed by atoms with Gasteiger partial charge in [-0.3, -0.25) is 9.25 Å². The zero-order valence-electron chi connectivity index (χ0n) is 26.1. The lowest BCUT2D eigenvalue weighted by molar-refractivity contribution is 0.0284. The molecule has 1 aliphatic rings. The average molecular weight is 586 g/mol. The number of benzene rings is 2. The highest BCUT2D eigenvalue weighted by molar-refractivity contribution is 5.95. The quantitative estimate of drug-likeness (QED) is 0.259. The van der Waals surface area contributed by atoms with E-state index in [1.807, 2.05) is 77.5 Å². The maximum Gasteiger partial charge on any atom is 0.419 e. The summed E-state index contributed by atoms with van der Waals surface area (Å²) in [4.78, 5) is 28.1. The molecule has 10 nitrogen and oxygen atoms in total. The Kier molecular flexibility index (Phi) is 7.63. The minimum Gasteiger partial charge on any atom is -0.496 e. The van der Waals surface area contributed by atoms with Gasteiger partial charge in [0.25, 0.3) is 0 Å². The molecule has 1 aliphatic heterocycles. The van der Waals surface area contributed by atoms with Crippen molar-refractivity contribution in [3.63, 3.8) is 0 Å². The van der Waals surface area contributed by atoms with Crippen LogP contribution in [0.4, 0.5) is 9.59 Å². The molecule has 1 amide bonds. The molecule has 3 heterocycles. The molecule has 0 aliphatic carbocycles. The predicted molar refractivity (Wildman–Crippen MR) is 163 cm³/mol. The summed E-state index contributed by atoms with van der Waals surface area (Å²) in [6.07, 6.45) is 3.58. The number of carbonyl (C=O) groups excluding carboxylic acids is 2. The predicted octanol–water partition coefficient (Wildman–Crippen LogP) is 6.81. The summed E-state index contributed by atoms with van der Waals surface area (Å²) < 4.78 is 20.8. The molecule has 1 saturated heterocycles. The van der Waals surface area contributed by atoms with E-state index in [-0.39, 0.29) is 18.1 Å². The Bertz CT molecular complexity index is 1750. The summed E-state index contributed by atoms with van der Waals surface area (Å²) >= 11 is 0. The van der Waals surface area contributed by atoms with Crippen molar-refractivity contribution in [2.75, 3.05) is 20.2 Å². The fourth-order valence-electron chi connectivity index (χ4n) is 5.83. The summed E-state index contributed by atoms with van der Waals surface area (Å²) in [5.74, 6) is 0.604. The van der Waals surface area contributed by atoms with Crippen LogP contribution in [0.2, 0.25) is 0 Å². The van der Waals surface area contributed by atoms with Gasteiger partial charge in [-0.2, -0.15) is 10.4 Å². The van der Waals surface area contributed by atoms with Crippen molar-refractivity contribution >= 4 is 34.0 Å². The van der Waals surface area contributed by atoms with Crippen LogP contribution in [0.25, 0.3) is 21.8 Å². The molecular weight excluding hydrogens is 546 g/mol. The lowest BCUT2D eigenvalue weighted by Gasteiger charge is -2.28. The number of amides is 1. The number of hydrogen-bond donors (Lipinski definition) is 0. The Balaban J connectivity index is 1.68. The van der Waals surface area contributed by atoms with Crippen molar-refractivity contribution < 1.29 is 23.8 Å². The molecule has 2 aromatic heterocycles. The molecule has 5 rings (SSSR count). The highest BCUT2D eigenvalue weighted by Crippen LogP contribution is 2.44. The van der Waals surface area contributed by atoms with Gasteiger partial charge in [-0.15, -0.1) is 0 Å². The first-order chi connectivity index (χ1) is 20.2. The summed E-state index contributed by atoms with van der Waals surface area (Å²) in [5, 5.41) is 16.1. The maximum absolute atomic E-state index is 13.3. The van der Waals surface area contributed by atoms with Crippen LogP contribution < -0.4 is 4.74 Å². The van der Waals surface area contributed by atoms with Crippen LogP contribution in [-0.4, -0.2) is 62.8 Å². The van der Waals surface area contributed by atoms with Crippen LogP contribution in [0.1, 0.15) is 70.7 Å². The summed E-state index contributed by atoms with van der Waals surface area (Å²) in [7, 11) is 1.63. The molecule has 0 saturated carbocycles. The summed E-state index contributed by atoms with van der Waals surface area (Å²) in [6.45, 7) is 14.0. The molecule has 2 aromatic carbocycles. The van der Waals surface area contributed by atoms with Crippen LogP contribution in [0.15, 0.2) is 42.7 Å². The second-order valence-electron chi connectivity index (χ2n) is 13.2. The van der Waals surface area contributed by atoms with E-state index in [0.29, 0.717) is 36.3 Å². The number of fused-ring (bicyclic) bond motifs is 2. The van der Waals surface area contributed by atoms with Crippen LogP contribution in [0.5, 0.6) is 5.75 Å². The first-order valence-corrected chi connectivity index (χ1v) is 14.5. The molecule has 43 heavy (non-hydrogen) atoms. The molecule has 2 unspecified atom stereocenters. The van der Waals surface area contributed by atoms with Crippen molar-refractivity contribution in [2.45, 2.75) is 72.1 Å². The van der Waals surface area contributed by atoms with E-state index in [4.69, 9.17) is 19.3 Å². The number of rotatable bonds is 4. The maximum atomic E-state index is 13.3. The largest absolute Gasteiger partial charge is 0.496 e. The number of aryl methyl sites for hydroxylation is 1. The van der Waals surface area contributed by atoms with Crippen molar-refractivity contribution in [1.82, 2.24) is 19.2 Å². The third kappa shape index (κ3) is 6.03. The molecular formula is C33H39N5O5. The molecule has 2 atom stereocenters. The number of ether oxygens (including phenoxy) is 3. The van der Waals surface area contributed by atoms with E-state index < -0.39 is 17.3 Å². The minimum atomic E-state index is -0.661. The zero-order valence-corrected chi connectivity index (χ0v) is 26.1. The van der Waals surface area contributed by atoms with Gasteiger partial charge < -0.3 is 19.1 Å². The number of methoxy groups -OCH3 is 1. The van der Waals surface area contributed by atoms with Crippen molar-refractivity contribution in [3.8, 4) is 11.8 Å². The molecule has 0 N–H and O–H groups in total. The van der Waals surface area contributed by atoms with E-state index in [9.17, 15) is 14.9 Å². The Morgan fingerprint density at radius 1 is 1.05 bits per heavy atom. The van der Waals surface area contributed by atoms with Crippen molar-refractivity contribution in [1.29, 1.82) is 5.26 Å². The average Bonchev–Trinajstić information content (AvgIpc) is 3.66. The second kappa shape index (κ2) is 11.0. The zero-order chi connectivity index (χ0) is 31.3. The number of nitrogens with zero attached hydrogens (tertiary/aromatic N) is 5. The van der Waals surface area contributed by atoms with Crippen molar-refractivity contribution in [2.24, 2.45) is 5.92 Å². The van der Waals surface area contributed by atoms with E-state index in [1.54, 1.807) is 30.3 Å². The minimum absolute atomic E-state index is 0.0537. The lowest BCUT2D eigenvalue weighted by Crippen LogP contribution is -2.36. The van der Waals surface area contributed by atoms with Gasteiger partial charge in [0.05, 0.1) is 35.8 Å². The molecule has 0 radical (unpaired) electrons. The second-order valence-corrected chi connectivity index (χ2v) is 13.2. The standard InChI is InChI=1S/C33H39N5O5/c1-20-15-26(41-8)27(24-12-14-37(28(20)24)31(40)43-33(5,6)7)29(23-11-13-36(18-23)30(39)42-32(2,3)4)38-19-22-10-9-21(17-34)16-25(22)35-38/h9-10,12,14-16,19,23,29H,11,13,18H2,1-8H3. The third-order valence-corrected chi connectivity index (χ3v) is 7.53. The fourth-order valence-corrected chi connectivity index (χ4v) is 5.83. The molecule has 1 fully saturated rings. The fraction of sp³-hybridized carbons (Fsp3) is 0.455. The molecule has 0 spiro atoms. The third-order valence-electron chi connectivity index (χ3n) is 7.53. The molecule has 0 bridgehead atoms. The Morgan fingerprint density at radius 2 is 1.74 bits per heavy atom. The van der Waals surface area contributed by atoms with Crippen molar-refractivity contribution in [3.05, 3.63) is 59.4 Å². The number of hydrogen-bond acceptors (Lipinski definition) is 7. The monoisotopic (exact) mass is 585 g/mol. The van der Waals surface area contributed by atoms with Gasteiger partial charge in [-0.25, -0.2) is 9.59 Å². The molecule has 226 valence electrons.